The van der Waals surface area contributed by atoms with Crippen LogP contribution in [0.2, 0.25) is 0 Å². The molecule has 10 heteroatoms. The summed E-state index contributed by atoms with van der Waals surface area (Å²) in [6.07, 6.45) is -1.02. The molecule has 0 radical (unpaired) electrons. The monoisotopic (exact) mass is 446 g/mol. The van der Waals surface area contributed by atoms with Gasteiger partial charge in [-0.25, -0.2) is 4.98 Å². The number of fused-ring (bicyclic) bond motifs is 1. The molecule has 0 aliphatic carbocycles. The second-order valence-corrected chi connectivity index (χ2v) is 8.70. The predicted molar refractivity (Wildman–Crippen MR) is 116 cm³/mol. The number of rotatable bonds is 4. The summed E-state index contributed by atoms with van der Waals surface area (Å²) in [5, 5.41) is 2.04. The average Bonchev–Trinajstić information content (AvgIpc) is 3.30. The molecule has 1 aliphatic heterocycles. The second kappa shape index (κ2) is 7.77. The first kappa shape index (κ1) is 22.1. The van der Waals surface area contributed by atoms with Gasteiger partial charge in [0, 0.05) is 31.0 Å². The fourth-order valence-corrected chi connectivity index (χ4v) is 3.97. The molecule has 32 heavy (non-hydrogen) atoms. The Kier molecular flexibility index (Phi) is 5.36. The number of amides is 1. The van der Waals surface area contributed by atoms with E-state index < -0.39 is 23.7 Å². The van der Waals surface area contributed by atoms with Gasteiger partial charge in [-0.15, -0.1) is 0 Å². The maximum atomic E-state index is 13.1. The molecule has 4 N–H and O–H groups in total. The molecule has 4 rings (SSSR count). The number of aromatic nitrogens is 3. The highest BCUT2D eigenvalue weighted by atomic mass is 19.4. The molecule has 1 fully saturated rings. The lowest BCUT2D eigenvalue weighted by atomic mass is 10.0. The van der Waals surface area contributed by atoms with Gasteiger partial charge in [0.05, 0.1) is 27.8 Å². The number of halogens is 3. The van der Waals surface area contributed by atoms with Crippen LogP contribution in [0.4, 0.5) is 18.9 Å². The molecule has 0 bridgehead atoms. The summed E-state index contributed by atoms with van der Waals surface area (Å²) in [6, 6.07) is 3.73. The van der Waals surface area contributed by atoms with Crippen LogP contribution in [0.25, 0.3) is 22.4 Å². The Hall–Kier alpha value is -3.14. The van der Waals surface area contributed by atoms with Crippen LogP contribution in [0.15, 0.2) is 30.6 Å². The number of anilines is 1. The van der Waals surface area contributed by atoms with E-state index in [-0.39, 0.29) is 5.56 Å². The van der Waals surface area contributed by atoms with Crippen LogP contribution in [0, 0.1) is 6.92 Å². The van der Waals surface area contributed by atoms with Gasteiger partial charge in [-0.05, 0) is 38.8 Å². The summed E-state index contributed by atoms with van der Waals surface area (Å²) in [4.78, 5) is 26.9. The number of aromatic amines is 1. The highest BCUT2D eigenvalue weighted by Gasteiger charge is 2.39. The van der Waals surface area contributed by atoms with Gasteiger partial charge in [0.2, 0.25) is 0 Å². The minimum atomic E-state index is -4.55. The molecule has 1 unspecified atom stereocenters. The minimum Gasteiger partial charge on any atom is -0.368 e. The van der Waals surface area contributed by atoms with Gasteiger partial charge in [-0.3, -0.25) is 9.78 Å². The number of alkyl halides is 3. The zero-order valence-electron chi connectivity index (χ0n) is 18.0. The van der Waals surface area contributed by atoms with Gasteiger partial charge in [-0.2, -0.15) is 13.2 Å². The minimum absolute atomic E-state index is 0.0495. The number of para-hydroxylation sites is 1. The summed E-state index contributed by atoms with van der Waals surface area (Å²) in [7, 11) is 0. The molecular formula is C22H25F3N6O. The zero-order chi connectivity index (χ0) is 23.3. The summed E-state index contributed by atoms with van der Waals surface area (Å²) in [5.41, 5.74) is 9.44. The Bertz CT molecular complexity index is 1170. The Balaban J connectivity index is 1.84. The van der Waals surface area contributed by atoms with Crippen LogP contribution >= 0.6 is 0 Å². The number of hydrogen-bond donors (Lipinski definition) is 3. The highest BCUT2D eigenvalue weighted by molar-refractivity contribution is 6.03. The van der Waals surface area contributed by atoms with E-state index in [2.05, 4.69) is 15.0 Å². The summed E-state index contributed by atoms with van der Waals surface area (Å²) in [6.45, 7) is 5.75. The third kappa shape index (κ3) is 4.14. The topological polar surface area (TPSA) is 99.9 Å². The van der Waals surface area contributed by atoms with Crippen molar-refractivity contribution in [3.8, 4) is 11.4 Å². The van der Waals surface area contributed by atoms with E-state index in [4.69, 9.17) is 5.73 Å². The number of carbonyl (C=O) groups is 1. The lowest BCUT2D eigenvalue weighted by Gasteiger charge is -2.26. The largest absolute Gasteiger partial charge is 0.408 e. The maximum Gasteiger partial charge on any atom is 0.408 e. The predicted octanol–water partition coefficient (Wildman–Crippen LogP) is 3.54. The van der Waals surface area contributed by atoms with Gasteiger partial charge in [0.25, 0.3) is 5.91 Å². The number of carbonyl (C=O) groups excluding carboxylic acids is 1. The van der Waals surface area contributed by atoms with Crippen molar-refractivity contribution in [2.24, 2.45) is 5.73 Å². The molecule has 2 atom stereocenters. The standard InChI is InChI=1S/C22H25F3N6O/c1-12-5-4-6-16-17(12)30-19(29-16)14-9-27-10-15(20(32)28-13(2)22(23,24)25)18(14)31-8-7-21(3,26)11-31/h4-6,9-10,13H,7-8,11,26H2,1-3H3,(H,28,32)(H,29,30)/t13?,21-/m0/s1. The lowest BCUT2D eigenvalue weighted by Crippen LogP contribution is -2.44. The molecule has 1 saturated heterocycles. The Morgan fingerprint density at radius 2 is 2.09 bits per heavy atom. The van der Waals surface area contributed by atoms with E-state index in [0.29, 0.717) is 36.6 Å². The number of pyridine rings is 1. The summed E-state index contributed by atoms with van der Waals surface area (Å²) >= 11 is 0. The number of nitrogens with one attached hydrogen (secondary N) is 2. The van der Waals surface area contributed by atoms with E-state index in [1.807, 2.05) is 42.3 Å². The molecular weight excluding hydrogens is 421 g/mol. The molecule has 3 heterocycles. The fourth-order valence-electron chi connectivity index (χ4n) is 3.97. The average molecular weight is 446 g/mol. The number of benzene rings is 1. The normalized spacial score (nSPS) is 20.0. The van der Waals surface area contributed by atoms with E-state index >= 15 is 0 Å². The van der Waals surface area contributed by atoms with Gasteiger partial charge >= 0.3 is 6.18 Å². The third-order valence-corrected chi connectivity index (χ3v) is 5.79. The van der Waals surface area contributed by atoms with E-state index in [1.165, 1.54) is 6.20 Å². The smallest absolute Gasteiger partial charge is 0.368 e. The maximum absolute atomic E-state index is 13.1. The molecule has 0 saturated carbocycles. The van der Waals surface area contributed by atoms with Crippen molar-refractivity contribution < 1.29 is 18.0 Å². The number of nitrogens with zero attached hydrogens (tertiary/aromatic N) is 3. The first-order chi connectivity index (χ1) is 15.0. The van der Waals surface area contributed by atoms with Gasteiger partial charge in [0.15, 0.2) is 0 Å². The van der Waals surface area contributed by atoms with Crippen molar-refractivity contribution in [3.05, 3.63) is 41.7 Å². The number of aryl methyl sites for hydroxylation is 1. The molecule has 7 nitrogen and oxygen atoms in total. The van der Waals surface area contributed by atoms with Crippen molar-refractivity contribution in [1.82, 2.24) is 20.3 Å². The highest BCUT2D eigenvalue weighted by Crippen LogP contribution is 2.37. The van der Waals surface area contributed by atoms with Crippen molar-refractivity contribution in [1.29, 1.82) is 0 Å². The quantitative estimate of drug-likeness (QED) is 0.569. The van der Waals surface area contributed by atoms with Crippen LogP contribution in [0.5, 0.6) is 0 Å². The molecule has 1 aliphatic rings. The number of imidazole rings is 1. The Morgan fingerprint density at radius 3 is 2.72 bits per heavy atom. The van der Waals surface area contributed by atoms with Crippen molar-refractivity contribution in [3.63, 3.8) is 0 Å². The zero-order valence-corrected chi connectivity index (χ0v) is 18.0. The SMILES string of the molecule is Cc1cccc2[nH]c(-c3cncc(C(=O)NC(C)C(F)(F)F)c3N3CC[C@](C)(N)C3)nc12. The Morgan fingerprint density at radius 1 is 1.34 bits per heavy atom. The van der Waals surface area contributed by atoms with Crippen molar-refractivity contribution >= 4 is 22.6 Å². The van der Waals surface area contributed by atoms with Gasteiger partial charge in [0.1, 0.15) is 11.9 Å². The summed E-state index contributed by atoms with van der Waals surface area (Å²) in [5.74, 6) is -0.363. The van der Waals surface area contributed by atoms with E-state index in [0.717, 1.165) is 23.5 Å². The number of hydrogen-bond acceptors (Lipinski definition) is 5. The number of H-pyrrole nitrogens is 1. The lowest BCUT2D eigenvalue weighted by molar-refractivity contribution is -0.149. The first-order valence-electron chi connectivity index (χ1n) is 10.3. The van der Waals surface area contributed by atoms with Gasteiger partial charge < -0.3 is 20.9 Å². The Labute approximate surface area is 183 Å². The second-order valence-electron chi connectivity index (χ2n) is 8.70. The van der Waals surface area contributed by atoms with Crippen LogP contribution in [0.3, 0.4) is 0 Å². The number of nitrogens with two attached hydrogens (primary N) is 1. The molecule has 170 valence electrons. The molecule has 3 aromatic rings. The van der Waals surface area contributed by atoms with E-state index in [9.17, 15) is 18.0 Å². The molecule has 0 spiro atoms. The molecule has 2 aromatic heterocycles. The van der Waals surface area contributed by atoms with Crippen LogP contribution < -0.4 is 16.0 Å². The van der Waals surface area contributed by atoms with Crippen LogP contribution in [-0.4, -0.2) is 51.7 Å². The van der Waals surface area contributed by atoms with Crippen molar-refractivity contribution in [2.45, 2.75) is 44.9 Å². The molecule has 1 amide bonds. The van der Waals surface area contributed by atoms with Crippen LogP contribution in [-0.2, 0) is 0 Å². The molecule has 1 aromatic carbocycles. The van der Waals surface area contributed by atoms with E-state index in [1.54, 1.807) is 6.20 Å². The fraction of sp³-hybridized carbons (Fsp3) is 0.409. The summed E-state index contributed by atoms with van der Waals surface area (Å²) < 4.78 is 39.2. The first-order valence-corrected chi connectivity index (χ1v) is 10.3. The van der Waals surface area contributed by atoms with Crippen LogP contribution in [0.1, 0.15) is 36.2 Å². The van der Waals surface area contributed by atoms with Crippen molar-refractivity contribution in [2.75, 3.05) is 18.0 Å². The third-order valence-electron chi connectivity index (χ3n) is 5.79. The van der Waals surface area contributed by atoms with Gasteiger partial charge in [-0.1, -0.05) is 12.1 Å².